The molecule has 0 saturated heterocycles. The van der Waals surface area contributed by atoms with Crippen molar-refractivity contribution in [1.82, 2.24) is 5.32 Å². The van der Waals surface area contributed by atoms with Gasteiger partial charge in [0.2, 0.25) is 5.91 Å². The summed E-state index contributed by atoms with van der Waals surface area (Å²) in [4.78, 5) is 11.5. The summed E-state index contributed by atoms with van der Waals surface area (Å²) in [7, 11) is 0. The summed E-state index contributed by atoms with van der Waals surface area (Å²) in [6, 6.07) is 3.71. The SMILES string of the molecule is CC(C)(C)C(=O)NCCCOCc1ccco1. The van der Waals surface area contributed by atoms with E-state index in [1.54, 1.807) is 6.26 Å². The van der Waals surface area contributed by atoms with Gasteiger partial charge in [0.05, 0.1) is 6.26 Å². The number of hydrogen-bond acceptors (Lipinski definition) is 3. The average Bonchev–Trinajstić information content (AvgIpc) is 2.74. The van der Waals surface area contributed by atoms with Crippen LogP contribution in [0.4, 0.5) is 0 Å². The Labute approximate surface area is 102 Å². The van der Waals surface area contributed by atoms with Crippen LogP contribution < -0.4 is 5.32 Å². The monoisotopic (exact) mass is 239 g/mol. The van der Waals surface area contributed by atoms with E-state index in [1.807, 2.05) is 32.9 Å². The molecule has 1 heterocycles. The molecular weight excluding hydrogens is 218 g/mol. The summed E-state index contributed by atoms with van der Waals surface area (Å²) in [5.41, 5.74) is -0.324. The van der Waals surface area contributed by atoms with E-state index in [2.05, 4.69) is 5.32 Å². The fourth-order valence-electron chi connectivity index (χ4n) is 1.21. The van der Waals surface area contributed by atoms with E-state index in [-0.39, 0.29) is 11.3 Å². The Bertz CT molecular complexity index is 325. The van der Waals surface area contributed by atoms with Crippen LogP contribution in [0.3, 0.4) is 0 Å². The smallest absolute Gasteiger partial charge is 0.225 e. The van der Waals surface area contributed by atoms with Crippen molar-refractivity contribution >= 4 is 5.91 Å². The second-order valence-electron chi connectivity index (χ2n) is 4.99. The highest BCUT2D eigenvalue weighted by molar-refractivity contribution is 5.81. The van der Waals surface area contributed by atoms with Gasteiger partial charge in [-0.1, -0.05) is 20.8 Å². The number of hydrogen-bond donors (Lipinski definition) is 1. The van der Waals surface area contributed by atoms with Gasteiger partial charge in [-0.25, -0.2) is 0 Å². The maximum atomic E-state index is 11.5. The summed E-state index contributed by atoms with van der Waals surface area (Å²) in [5.74, 6) is 0.896. The minimum atomic E-state index is -0.324. The van der Waals surface area contributed by atoms with E-state index in [0.717, 1.165) is 12.2 Å². The molecule has 0 aromatic carbocycles. The van der Waals surface area contributed by atoms with Gasteiger partial charge in [0.1, 0.15) is 12.4 Å². The number of carbonyl (C=O) groups is 1. The van der Waals surface area contributed by atoms with Crippen LogP contribution in [0.2, 0.25) is 0 Å². The maximum absolute atomic E-state index is 11.5. The molecule has 0 spiro atoms. The summed E-state index contributed by atoms with van der Waals surface area (Å²) >= 11 is 0. The number of ether oxygens (including phenoxy) is 1. The van der Waals surface area contributed by atoms with E-state index in [4.69, 9.17) is 9.15 Å². The fourth-order valence-corrected chi connectivity index (χ4v) is 1.21. The molecule has 96 valence electrons. The van der Waals surface area contributed by atoms with Crippen molar-refractivity contribution < 1.29 is 13.9 Å². The van der Waals surface area contributed by atoms with Crippen LogP contribution in [0, 0.1) is 5.41 Å². The first-order valence-electron chi connectivity index (χ1n) is 5.88. The standard InChI is InChI=1S/C13H21NO3/c1-13(2,3)12(15)14-7-5-8-16-10-11-6-4-9-17-11/h4,6,9H,5,7-8,10H2,1-3H3,(H,14,15). The third-order valence-corrected chi connectivity index (χ3v) is 2.26. The second kappa shape index (κ2) is 6.45. The van der Waals surface area contributed by atoms with Crippen molar-refractivity contribution in [2.75, 3.05) is 13.2 Å². The Morgan fingerprint density at radius 2 is 2.24 bits per heavy atom. The van der Waals surface area contributed by atoms with Gasteiger partial charge in [-0.15, -0.1) is 0 Å². The predicted molar refractivity (Wildman–Crippen MR) is 65.4 cm³/mol. The molecule has 0 unspecified atom stereocenters. The number of amides is 1. The fraction of sp³-hybridized carbons (Fsp3) is 0.615. The molecule has 1 N–H and O–H groups in total. The molecule has 0 atom stereocenters. The zero-order chi connectivity index (χ0) is 12.7. The minimum absolute atomic E-state index is 0.0727. The summed E-state index contributed by atoms with van der Waals surface area (Å²) in [5, 5.41) is 2.87. The summed E-state index contributed by atoms with van der Waals surface area (Å²) in [6.45, 7) is 7.45. The largest absolute Gasteiger partial charge is 0.467 e. The number of furan rings is 1. The van der Waals surface area contributed by atoms with Crippen LogP contribution in [0.5, 0.6) is 0 Å². The van der Waals surface area contributed by atoms with Gasteiger partial charge in [-0.3, -0.25) is 4.79 Å². The molecule has 0 aliphatic heterocycles. The van der Waals surface area contributed by atoms with Crippen LogP contribution >= 0.6 is 0 Å². The molecule has 4 heteroatoms. The van der Waals surface area contributed by atoms with Crippen LogP contribution in [0.15, 0.2) is 22.8 Å². The number of carbonyl (C=O) groups excluding carboxylic acids is 1. The molecule has 4 nitrogen and oxygen atoms in total. The molecule has 0 aliphatic rings. The zero-order valence-corrected chi connectivity index (χ0v) is 10.8. The molecule has 0 aliphatic carbocycles. The molecule has 1 rings (SSSR count). The minimum Gasteiger partial charge on any atom is -0.467 e. The first-order valence-corrected chi connectivity index (χ1v) is 5.88. The third-order valence-electron chi connectivity index (χ3n) is 2.26. The lowest BCUT2D eigenvalue weighted by molar-refractivity contribution is -0.128. The average molecular weight is 239 g/mol. The Balaban J connectivity index is 2.00. The van der Waals surface area contributed by atoms with Gasteiger partial charge in [0.25, 0.3) is 0 Å². The van der Waals surface area contributed by atoms with Gasteiger partial charge >= 0.3 is 0 Å². The van der Waals surface area contributed by atoms with Crippen LogP contribution in [0.25, 0.3) is 0 Å². The van der Waals surface area contributed by atoms with Gasteiger partial charge in [0, 0.05) is 18.6 Å². The Morgan fingerprint density at radius 1 is 1.47 bits per heavy atom. The lowest BCUT2D eigenvalue weighted by Gasteiger charge is -2.17. The van der Waals surface area contributed by atoms with E-state index in [9.17, 15) is 4.79 Å². The Kier molecular flexibility index (Phi) is 5.22. The van der Waals surface area contributed by atoms with Crippen LogP contribution in [0.1, 0.15) is 33.0 Å². The Hall–Kier alpha value is -1.29. The first kappa shape index (κ1) is 13.8. The topological polar surface area (TPSA) is 51.5 Å². The van der Waals surface area contributed by atoms with Crippen molar-refractivity contribution in [3.8, 4) is 0 Å². The zero-order valence-electron chi connectivity index (χ0n) is 10.8. The van der Waals surface area contributed by atoms with Crippen molar-refractivity contribution in [2.45, 2.75) is 33.8 Å². The summed E-state index contributed by atoms with van der Waals surface area (Å²) in [6.07, 6.45) is 2.44. The first-order chi connectivity index (χ1) is 8.00. The predicted octanol–water partition coefficient (Wildman–Crippen LogP) is 2.35. The van der Waals surface area contributed by atoms with E-state index in [1.165, 1.54) is 0 Å². The Morgan fingerprint density at radius 3 is 2.82 bits per heavy atom. The molecule has 0 radical (unpaired) electrons. The summed E-state index contributed by atoms with van der Waals surface area (Å²) < 4.78 is 10.5. The van der Waals surface area contributed by atoms with Gasteiger partial charge in [0.15, 0.2) is 0 Å². The highest BCUT2D eigenvalue weighted by atomic mass is 16.5. The number of rotatable bonds is 6. The molecule has 0 fully saturated rings. The molecule has 1 aromatic heterocycles. The highest BCUT2D eigenvalue weighted by Gasteiger charge is 2.19. The van der Waals surface area contributed by atoms with E-state index < -0.39 is 0 Å². The van der Waals surface area contributed by atoms with Gasteiger partial charge in [-0.2, -0.15) is 0 Å². The molecule has 1 amide bonds. The van der Waals surface area contributed by atoms with Crippen molar-refractivity contribution in [2.24, 2.45) is 5.41 Å². The molecule has 0 bridgehead atoms. The number of nitrogens with one attached hydrogen (secondary N) is 1. The van der Waals surface area contributed by atoms with Crippen LogP contribution in [-0.4, -0.2) is 19.1 Å². The second-order valence-corrected chi connectivity index (χ2v) is 4.99. The molecule has 1 aromatic rings. The third kappa shape index (κ3) is 5.54. The van der Waals surface area contributed by atoms with E-state index in [0.29, 0.717) is 19.8 Å². The van der Waals surface area contributed by atoms with Crippen molar-refractivity contribution in [1.29, 1.82) is 0 Å². The quantitative estimate of drug-likeness (QED) is 0.775. The van der Waals surface area contributed by atoms with E-state index >= 15 is 0 Å². The van der Waals surface area contributed by atoms with Gasteiger partial charge in [-0.05, 0) is 18.6 Å². The molecule has 0 saturated carbocycles. The van der Waals surface area contributed by atoms with Crippen LogP contribution in [-0.2, 0) is 16.1 Å². The van der Waals surface area contributed by atoms with Gasteiger partial charge < -0.3 is 14.5 Å². The highest BCUT2D eigenvalue weighted by Crippen LogP contribution is 2.12. The molecular formula is C13H21NO3. The lowest BCUT2D eigenvalue weighted by Crippen LogP contribution is -2.35. The van der Waals surface area contributed by atoms with Crippen molar-refractivity contribution in [3.63, 3.8) is 0 Å². The molecule has 17 heavy (non-hydrogen) atoms. The normalized spacial score (nSPS) is 11.5. The van der Waals surface area contributed by atoms with Crippen molar-refractivity contribution in [3.05, 3.63) is 24.2 Å². The maximum Gasteiger partial charge on any atom is 0.225 e. The lowest BCUT2D eigenvalue weighted by atomic mass is 9.96.